The fourth-order valence-electron chi connectivity index (χ4n) is 3.03. The number of imidazole rings is 1. The fraction of sp³-hybridized carbons (Fsp3) is 0.190. The van der Waals surface area contributed by atoms with Crippen LogP contribution in [0.15, 0.2) is 64.3 Å². The largest absolute Gasteiger partial charge is 0.310 e. The molecule has 4 rings (SSSR count). The van der Waals surface area contributed by atoms with Crippen molar-refractivity contribution in [3.05, 3.63) is 70.7 Å². The van der Waals surface area contributed by atoms with Crippen molar-refractivity contribution >= 4 is 46.0 Å². The van der Waals surface area contributed by atoms with Gasteiger partial charge < -0.3 is 4.57 Å². The van der Waals surface area contributed by atoms with Gasteiger partial charge in [0.05, 0.1) is 27.8 Å². The van der Waals surface area contributed by atoms with E-state index in [0.717, 1.165) is 40.3 Å². The quantitative estimate of drug-likeness (QED) is 0.413. The van der Waals surface area contributed by atoms with Gasteiger partial charge in [-0.3, -0.25) is 10.1 Å². The van der Waals surface area contributed by atoms with Gasteiger partial charge in [-0.1, -0.05) is 31.2 Å². The molecule has 0 aliphatic carbocycles. The monoisotopic (exact) mass is 408 g/mol. The van der Waals surface area contributed by atoms with Crippen molar-refractivity contribution < 1.29 is 4.79 Å². The minimum Gasteiger partial charge on any atom is -0.310 e. The van der Waals surface area contributed by atoms with E-state index in [2.05, 4.69) is 26.8 Å². The lowest BCUT2D eigenvalue weighted by molar-refractivity contribution is 0.102. The standard InChI is InChI=1S/C21H20N4OS2/c1-2-11-25-18-9-5-4-8-17(18)23-21(25)24-20(26)16-7-3-6-10-19(16)28-13-15-12-27-14-22-15/h3-10,12,14H,2,11,13H2,1H3,(H,23,24,26). The summed E-state index contributed by atoms with van der Waals surface area (Å²) in [6.45, 7) is 2.92. The SMILES string of the molecule is CCCn1c(NC(=O)c2ccccc2SCc2cscn2)nc2ccccc21. The molecule has 2 aromatic heterocycles. The van der Waals surface area contributed by atoms with Crippen molar-refractivity contribution in [1.29, 1.82) is 0 Å². The highest BCUT2D eigenvalue weighted by atomic mass is 32.2. The Bertz CT molecular complexity index is 1090. The lowest BCUT2D eigenvalue weighted by atomic mass is 10.2. The highest BCUT2D eigenvalue weighted by Crippen LogP contribution is 2.27. The van der Waals surface area contributed by atoms with E-state index in [4.69, 9.17) is 0 Å². The molecule has 7 heteroatoms. The van der Waals surface area contributed by atoms with Crippen molar-refractivity contribution in [2.45, 2.75) is 30.5 Å². The summed E-state index contributed by atoms with van der Waals surface area (Å²) in [5, 5.41) is 5.05. The second-order valence-electron chi connectivity index (χ2n) is 6.29. The van der Waals surface area contributed by atoms with E-state index < -0.39 is 0 Å². The molecule has 5 nitrogen and oxygen atoms in total. The smallest absolute Gasteiger partial charge is 0.259 e. The van der Waals surface area contributed by atoms with Crippen molar-refractivity contribution in [3.8, 4) is 0 Å². The number of carbonyl (C=O) groups is 1. The lowest BCUT2D eigenvalue weighted by Gasteiger charge is -2.11. The van der Waals surface area contributed by atoms with Crippen LogP contribution in [0.25, 0.3) is 11.0 Å². The molecule has 0 aliphatic rings. The number of hydrogen-bond donors (Lipinski definition) is 1. The van der Waals surface area contributed by atoms with Crippen LogP contribution in [0.5, 0.6) is 0 Å². The van der Waals surface area contributed by atoms with Gasteiger partial charge in [0.2, 0.25) is 5.95 Å². The molecule has 0 radical (unpaired) electrons. The molecular formula is C21H20N4OS2. The summed E-state index contributed by atoms with van der Waals surface area (Å²) in [6.07, 6.45) is 0.962. The van der Waals surface area contributed by atoms with E-state index >= 15 is 0 Å². The van der Waals surface area contributed by atoms with E-state index in [-0.39, 0.29) is 5.91 Å². The molecule has 4 aromatic rings. The number of rotatable bonds is 7. The van der Waals surface area contributed by atoms with Crippen LogP contribution in [0.4, 0.5) is 5.95 Å². The number of aryl methyl sites for hydroxylation is 1. The van der Waals surface area contributed by atoms with Crippen LogP contribution < -0.4 is 5.32 Å². The number of anilines is 1. The van der Waals surface area contributed by atoms with Crippen LogP contribution in [0, 0.1) is 0 Å². The molecule has 1 N–H and O–H groups in total. The topological polar surface area (TPSA) is 59.8 Å². The van der Waals surface area contributed by atoms with E-state index in [9.17, 15) is 4.79 Å². The molecule has 0 aliphatic heterocycles. The third kappa shape index (κ3) is 3.95. The zero-order valence-corrected chi connectivity index (χ0v) is 17.1. The van der Waals surface area contributed by atoms with Crippen LogP contribution in [0.2, 0.25) is 0 Å². The molecule has 0 saturated carbocycles. The van der Waals surface area contributed by atoms with Crippen molar-refractivity contribution in [2.24, 2.45) is 0 Å². The first-order valence-corrected chi connectivity index (χ1v) is 11.0. The summed E-state index contributed by atoms with van der Waals surface area (Å²) in [5.41, 5.74) is 5.42. The number of thiazole rings is 1. The highest BCUT2D eigenvalue weighted by molar-refractivity contribution is 7.98. The second-order valence-corrected chi connectivity index (χ2v) is 8.03. The summed E-state index contributed by atoms with van der Waals surface area (Å²) in [5.74, 6) is 1.18. The molecular weight excluding hydrogens is 388 g/mol. The van der Waals surface area contributed by atoms with Crippen LogP contribution in [-0.4, -0.2) is 20.4 Å². The number of para-hydroxylation sites is 2. The molecule has 0 bridgehead atoms. The Labute approximate surface area is 171 Å². The predicted octanol–water partition coefficient (Wildman–Crippen LogP) is 5.45. The Morgan fingerprint density at radius 1 is 1.18 bits per heavy atom. The van der Waals surface area contributed by atoms with E-state index in [0.29, 0.717) is 11.5 Å². The highest BCUT2D eigenvalue weighted by Gasteiger charge is 2.16. The maximum atomic E-state index is 13.0. The summed E-state index contributed by atoms with van der Waals surface area (Å²) in [4.78, 5) is 22.9. The minimum atomic E-state index is -0.144. The number of amides is 1. The molecule has 0 saturated heterocycles. The number of nitrogens with zero attached hydrogens (tertiary/aromatic N) is 3. The van der Waals surface area contributed by atoms with Crippen LogP contribution in [0.1, 0.15) is 29.4 Å². The molecule has 0 spiro atoms. The fourth-order valence-corrected chi connectivity index (χ4v) is 4.65. The molecule has 0 unspecified atom stereocenters. The predicted molar refractivity (Wildman–Crippen MR) is 116 cm³/mol. The van der Waals surface area contributed by atoms with Crippen molar-refractivity contribution in [1.82, 2.24) is 14.5 Å². The maximum Gasteiger partial charge on any atom is 0.259 e. The number of carbonyl (C=O) groups excluding carboxylic acids is 1. The van der Waals surface area contributed by atoms with Gasteiger partial charge in [-0.25, -0.2) is 9.97 Å². The van der Waals surface area contributed by atoms with Gasteiger partial charge >= 0.3 is 0 Å². The first kappa shape index (κ1) is 18.7. The average molecular weight is 409 g/mol. The third-order valence-electron chi connectivity index (χ3n) is 4.32. The maximum absolute atomic E-state index is 13.0. The Morgan fingerprint density at radius 3 is 2.82 bits per heavy atom. The van der Waals surface area contributed by atoms with E-state index in [1.807, 2.05) is 59.4 Å². The van der Waals surface area contributed by atoms with Gasteiger partial charge in [0.1, 0.15) is 0 Å². The molecule has 142 valence electrons. The van der Waals surface area contributed by atoms with Gasteiger partial charge in [0, 0.05) is 22.6 Å². The van der Waals surface area contributed by atoms with Gasteiger partial charge in [-0.15, -0.1) is 23.1 Å². The zero-order chi connectivity index (χ0) is 19.3. The van der Waals surface area contributed by atoms with Gasteiger partial charge in [-0.05, 0) is 30.7 Å². The van der Waals surface area contributed by atoms with Crippen molar-refractivity contribution in [2.75, 3.05) is 5.32 Å². The summed E-state index contributed by atoms with van der Waals surface area (Å²) in [7, 11) is 0. The number of hydrogen-bond acceptors (Lipinski definition) is 5. The molecule has 0 atom stereocenters. The Balaban J connectivity index is 1.59. The number of benzene rings is 2. The number of aromatic nitrogens is 3. The molecule has 2 aromatic carbocycles. The third-order valence-corrected chi connectivity index (χ3v) is 6.06. The zero-order valence-electron chi connectivity index (χ0n) is 15.5. The number of fused-ring (bicyclic) bond motifs is 1. The van der Waals surface area contributed by atoms with Crippen molar-refractivity contribution in [3.63, 3.8) is 0 Å². The van der Waals surface area contributed by atoms with Crippen LogP contribution >= 0.6 is 23.1 Å². The Morgan fingerprint density at radius 2 is 2.00 bits per heavy atom. The number of thioether (sulfide) groups is 1. The molecule has 1 amide bonds. The molecule has 28 heavy (non-hydrogen) atoms. The lowest BCUT2D eigenvalue weighted by Crippen LogP contribution is -2.17. The minimum absolute atomic E-state index is 0.144. The Hall–Kier alpha value is -2.64. The normalized spacial score (nSPS) is 11.0. The van der Waals surface area contributed by atoms with E-state index in [1.165, 1.54) is 0 Å². The van der Waals surface area contributed by atoms with Gasteiger partial charge in [-0.2, -0.15) is 0 Å². The summed E-state index contributed by atoms with van der Waals surface area (Å²) >= 11 is 3.20. The molecule has 2 heterocycles. The Kier molecular flexibility index (Phi) is 5.73. The first-order valence-electron chi connectivity index (χ1n) is 9.11. The molecule has 0 fully saturated rings. The second kappa shape index (κ2) is 8.58. The van der Waals surface area contributed by atoms with Crippen LogP contribution in [-0.2, 0) is 12.3 Å². The average Bonchev–Trinajstić information content (AvgIpc) is 3.35. The summed E-state index contributed by atoms with van der Waals surface area (Å²) in [6, 6.07) is 15.6. The van der Waals surface area contributed by atoms with Gasteiger partial charge in [0.25, 0.3) is 5.91 Å². The summed E-state index contributed by atoms with van der Waals surface area (Å²) < 4.78 is 2.07. The van der Waals surface area contributed by atoms with E-state index in [1.54, 1.807) is 23.1 Å². The first-order chi connectivity index (χ1) is 13.8. The van der Waals surface area contributed by atoms with Gasteiger partial charge in [0.15, 0.2) is 0 Å². The number of nitrogens with one attached hydrogen (secondary N) is 1. The van der Waals surface area contributed by atoms with Crippen LogP contribution in [0.3, 0.4) is 0 Å².